The highest BCUT2D eigenvalue weighted by Gasteiger charge is 2.19. The average Bonchev–Trinajstić information content (AvgIpc) is 2.71. The summed E-state index contributed by atoms with van der Waals surface area (Å²) in [4.78, 5) is 11.9. The van der Waals surface area contributed by atoms with Gasteiger partial charge in [-0.2, -0.15) is 0 Å². The maximum absolute atomic E-state index is 13.0. The van der Waals surface area contributed by atoms with Gasteiger partial charge in [0.1, 0.15) is 11.4 Å². The van der Waals surface area contributed by atoms with Gasteiger partial charge in [0.25, 0.3) is 0 Å². The minimum atomic E-state index is -0.551. The molecule has 0 fully saturated rings. The molecular formula is C13H14FNO2. The van der Waals surface area contributed by atoms with Gasteiger partial charge in [-0.3, -0.25) is 4.79 Å². The Balaban J connectivity index is 2.33. The fraction of sp³-hybridized carbons (Fsp3) is 0.308. The molecule has 3 nitrogen and oxygen atoms in total. The van der Waals surface area contributed by atoms with Crippen molar-refractivity contribution in [2.75, 3.05) is 0 Å². The normalized spacial score (nSPS) is 12.9. The number of hydrogen-bond donors (Lipinski definition) is 1. The Morgan fingerprint density at radius 2 is 2.24 bits per heavy atom. The lowest BCUT2D eigenvalue weighted by molar-refractivity contribution is 0.0931. The van der Waals surface area contributed by atoms with Crippen LogP contribution in [0.15, 0.2) is 28.7 Å². The van der Waals surface area contributed by atoms with Gasteiger partial charge in [-0.1, -0.05) is 13.3 Å². The maximum atomic E-state index is 13.0. The lowest BCUT2D eigenvalue weighted by Crippen LogP contribution is -2.29. The van der Waals surface area contributed by atoms with Crippen molar-refractivity contribution < 1.29 is 13.6 Å². The fourth-order valence-corrected chi connectivity index (χ4v) is 1.76. The highest BCUT2D eigenvalue weighted by Crippen LogP contribution is 2.21. The van der Waals surface area contributed by atoms with Gasteiger partial charge >= 0.3 is 0 Å². The van der Waals surface area contributed by atoms with E-state index in [4.69, 9.17) is 10.2 Å². The molecule has 0 spiro atoms. The van der Waals surface area contributed by atoms with Crippen LogP contribution in [0.25, 0.3) is 11.0 Å². The summed E-state index contributed by atoms with van der Waals surface area (Å²) in [5.74, 6) is -0.384. The molecular weight excluding hydrogens is 221 g/mol. The van der Waals surface area contributed by atoms with E-state index in [-0.39, 0.29) is 17.4 Å². The van der Waals surface area contributed by atoms with Crippen molar-refractivity contribution in [1.82, 2.24) is 0 Å². The van der Waals surface area contributed by atoms with Crippen LogP contribution in [0.3, 0.4) is 0 Å². The second-order valence-corrected chi connectivity index (χ2v) is 4.05. The van der Waals surface area contributed by atoms with Crippen LogP contribution in [-0.4, -0.2) is 11.8 Å². The summed E-state index contributed by atoms with van der Waals surface area (Å²) >= 11 is 0. The summed E-state index contributed by atoms with van der Waals surface area (Å²) in [6.45, 7) is 1.96. The number of furan rings is 1. The number of ketones is 1. The molecule has 2 N–H and O–H groups in total. The zero-order valence-corrected chi connectivity index (χ0v) is 9.57. The number of carbonyl (C=O) groups excluding carboxylic acids is 1. The van der Waals surface area contributed by atoms with Gasteiger partial charge < -0.3 is 10.2 Å². The number of Topliss-reactive ketones (excluding diaryl/α,β-unsaturated/α-hetero) is 1. The van der Waals surface area contributed by atoms with E-state index in [1.165, 1.54) is 24.3 Å². The van der Waals surface area contributed by atoms with Crippen LogP contribution in [0.2, 0.25) is 0 Å². The molecule has 2 rings (SSSR count). The molecule has 90 valence electrons. The van der Waals surface area contributed by atoms with Gasteiger partial charge in [-0.15, -0.1) is 0 Å². The molecule has 17 heavy (non-hydrogen) atoms. The largest absolute Gasteiger partial charge is 0.453 e. The van der Waals surface area contributed by atoms with Crippen LogP contribution in [0.4, 0.5) is 4.39 Å². The first kappa shape index (κ1) is 11.8. The van der Waals surface area contributed by atoms with E-state index >= 15 is 0 Å². The molecule has 1 heterocycles. The molecule has 2 aromatic rings. The molecule has 1 aromatic heterocycles. The van der Waals surface area contributed by atoms with Crippen LogP contribution in [0, 0.1) is 5.82 Å². The van der Waals surface area contributed by atoms with Crippen molar-refractivity contribution in [2.45, 2.75) is 25.8 Å². The number of carbonyl (C=O) groups is 1. The van der Waals surface area contributed by atoms with Crippen molar-refractivity contribution in [3.8, 4) is 0 Å². The Kier molecular flexibility index (Phi) is 3.24. The Hall–Kier alpha value is -1.68. The first-order valence-electron chi connectivity index (χ1n) is 5.60. The van der Waals surface area contributed by atoms with Crippen molar-refractivity contribution >= 4 is 16.8 Å². The van der Waals surface area contributed by atoms with Gasteiger partial charge in [-0.05, 0) is 30.7 Å². The van der Waals surface area contributed by atoms with Crippen LogP contribution in [-0.2, 0) is 0 Å². The molecule has 0 aliphatic rings. The summed E-state index contributed by atoms with van der Waals surface area (Å²) in [5, 5.41) is 0.581. The third-order valence-electron chi connectivity index (χ3n) is 2.66. The Labute approximate surface area is 98.4 Å². The van der Waals surface area contributed by atoms with E-state index in [1.807, 2.05) is 6.92 Å². The Morgan fingerprint density at radius 3 is 2.94 bits per heavy atom. The summed E-state index contributed by atoms with van der Waals surface area (Å²) in [6, 6.07) is 5.13. The predicted octanol–water partition coefficient (Wildman–Crippen LogP) is 2.88. The van der Waals surface area contributed by atoms with E-state index in [2.05, 4.69) is 0 Å². The minimum Gasteiger partial charge on any atom is -0.453 e. The second-order valence-electron chi connectivity index (χ2n) is 4.05. The predicted molar refractivity (Wildman–Crippen MR) is 63.4 cm³/mol. The van der Waals surface area contributed by atoms with Gasteiger partial charge in [0, 0.05) is 5.39 Å². The van der Waals surface area contributed by atoms with Crippen molar-refractivity contribution in [1.29, 1.82) is 0 Å². The standard InChI is InChI=1S/C13H14FNO2/c1-2-3-10(15)13(16)12-7-8-6-9(14)4-5-11(8)17-12/h4-7,10H,2-3,15H2,1H3. The molecule has 1 aromatic carbocycles. The summed E-state index contributed by atoms with van der Waals surface area (Å²) in [7, 11) is 0. The first-order valence-corrected chi connectivity index (χ1v) is 5.60. The van der Waals surface area contributed by atoms with Crippen molar-refractivity contribution in [3.05, 3.63) is 35.8 Å². The van der Waals surface area contributed by atoms with Crippen molar-refractivity contribution in [3.63, 3.8) is 0 Å². The van der Waals surface area contributed by atoms with Gasteiger partial charge in [0.15, 0.2) is 5.76 Å². The second kappa shape index (κ2) is 4.67. The Morgan fingerprint density at radius 1 is 1.47 bits per heavy atom. The molecule has 0 saturated carbocycles. The number of halogens is 1. The van der Waals surface area contributed by atoms with Gasteiger partial charge in [0.2, 0.25) is 5.78 Å². The maximum Gasteiger partial charge on any atom is 0.214 e. The van der Waals surface area contributed by atoms with E-state index in [1.54, 1.807) is 0 Å². The van der Waals surface area contributed by atoms with Gasteiger partial charge in [0.05, 0.1) is 6.04 Å². The first-order chi connectivity index (χ1) is 8.11. The molecule has 0 aliphatic heterocycles. The molecule has 4 heteroatoms. The topological polar surface area (TPSA) is 56.2 Å². The smallest absolute Gasteiger partial charge is 0.214 e. The lowest BCUT2D eigenvalue weighted by atomic mass is 10.1. The molecule has 0 bridgehead atoms. The van der Waals surface area contributed by atoms with E-state index in [0.29, 0.717) is 17.4 Å². The summed E-state index contributed by atoms with van der Waals surface area (Å²) in [5.41, 5.74) is 6.23. The van der Waals surface area contributed by atoms with Crippen LogP contribution in [0.1, 0.15) is 30.3 Å². The van der Waals surface area contributed by atoms with Gasteiger partial charge in [-0.25, -0.2) is 4.39 Å². The molecule has 1 unspecified atom stereocenters. The number of rotatable bonds is 4. The highest BCUT2D eigenvalue weighted by molar-refractivity contribution is 6.00. The number of nitrogens with two attached hydrogens (primary N) is 1. The monoisotopic (exact) mass is 235 g/mol. The number of fused-ring (bicyclic) bond motifs is 1. The fourth-order valence-electron chi connectivity index (χ4n) is 1.76. The number of hydrogen-bond acceptors (Lipinski definition) is 3. The molecule has 1 atom stereocenters. The third kappa shape index (κ3) is 2.36. The van der Waals surface area contributed by atoms with E-state index in [0.717, 1.165) is 6.42 Å². The van der Waals surface area contributed by atoms with E-state index < -0.39 is 6.04 Å². The lowest BCUT2D eigenvalue weighted by Gasteiger charge is -2.05. The summed E-state index contributed by atoms with van der Waals surface area (Å²) < 4.78 is 18.3. The molecule has 0 amide bonds. The molecule has 0 aliphatic carbocycles. The number of benzene rings is 1. The van der Waals surface area contributed by atoms with E-state index in [9.17, 15) is 9.18 Å². The highest BCUT2D eigenvalue weighted by atomic mass is 19.1. The SMILES string of the molecule is CCCC(N)C(=O)c1cc2cc(F)ccc2o1. The van der Waals surface area contributed by atoms with Crippen LogP contribution in [0.5, 0.6) is 0 Å². The quantitative estimate of drug-likeness (QED) is 0.829. The zero-order chi connectivity index (χ0) is 12.4. The zero-order valence-electron chi connectivity index (χ0n) is 9.57. The van der Waals surface area contributed by atoms with Crippen molar-refractivity contribution in [2.24, 2.45) is 5.73 Å². The summed E-state index contributed by atoms with van der Waals surface area (Å²) in [6.07, 6.45) is 1.45. The third-order valence-corrected chi connectivity index (χ3v) is 2.66. The minimum absolute atomic E-state index is 0.201. The molecule has 0 saturated heterocycles. The van der Waals surface area contributed by atoms with Crippen LogP contribution < -0.4 is 5.73 Å². The molecule has 0 radical (unpaired) electrons. The van der Waals surface area contributed by atoms with Crippen LogP contribution >= 0.6 is 0 Å². The average molecular weight is 235 g/mol. The Bertz CT molecular complexity index is 547.